The Labute approximate surface area is 168 Å². The molecular weight excluding hydrogens is 379 g/mol. The Bertz CT molecular complexity index is 792. The summed E-state index contributed by atoms with van der Waals surface area (Å²) in [5, 5.41) is 25.3. The largest absolute Gasteiger partial charge is 0.547 e. The maximum absolute atomic E-state index is 12.4. The third-order valence-electron chi connectivity index (χ3n) is 5.13. The van der Waals surface area contributed by atoms with E-state index in [0.29, 0.717) is 31.6 Å². The molecule has 29 heavy (non-hydrogen) atoms. The number of rotatable bonds is 7. The van der Waals surface area contributed by atoms with Gasteiger partial charge in [0, 0.05) is 32.1 Å². The lowest BCUT2D eigenvalue weighted by Gasteiger charge is -2.33. The van der Waals surface area contributed by atoms with Gasteiger partial charge in [-0.3, -0.25) is 9.59 Å². The quantitative estimate of drug-likeness (QED) is 0.339. The van der Waals surface area contributed by atoms with Crippen LogP contribution in [0.3, 0.4) is 0 Å². The van der Waals surface area contributed by atoms with Crippen LogP contribution in [-0.2, 0) is 16.0 Å². The summed E-state index contributed by atoms with van der Waals surface area (Å²) in [6.07, 6.45) is 1.27. The van der Waals surface area contributed by atoms with Crippen molar-refractivity contribution in [1.82, 2.24) is 15.5 Å². The highest BCUT2D eigenvalue weighted by Crippen LogP contribution is 2.30. The lowest BCUT2D eigenvalue weighted by atomic mass is 9.72. The molecule has 0 aromatic heterocycles. The van der Waals surface area contributed by atoms with E-state index in [9.17, 15) is 24.5 Å². The molecule has 1 unspecified atom stereocenters. The summed E-state index contributed by atoms with van der Waals surface area (Å²) < 4.78 is 5.36. The maximum atomic E-state index is 12.4. The van der Waals surface area contributed by atoms with Crippen molar-refractivity contribution in [2.75, 3.05) is 26.2 Å². The minimum absolute atomic E-state index is 0.0389. The Morgan fingerprint density at radius 3 is 2.83 bits per heavy atom. The molecule has 2 heterocycles. The number of likely N-dealkylation sites (tertiary alicyclic amines) is 1. The number of aromatic carboxylic acids is 1. The van der Waals surface area contributed by atoms with Crippen LogP contribution in [0.5, 0.6) is 5.75 Å². The van der Waals surface area contributed by atoms with Gasteiger partial charge in [0.2, 0.25) is 11.8 Å². The number of para-hydroxylation sites is 1. The monoisotopic (exact) mass is 404 g/mol. The van der Waals surface area contributed by atoms with Gasteiger partial charge in [0.05, 0.1) is 18.0 Å². The van der Waals surface area contributed by atoms with Gasteiger partial charge in [0.25, 0.3) is 0 Å². The molecule has 0 bridgehead atoms. The SMILES string of the molecule is NCCNC1CCN(CC(=O)N[C@H]2Cc3cccc(C(=O)O)c3OB2O)C(=O)C1. The fourth-order valence-corrected chi connectivity index (χ4v) is 3.65. The van der Waals surface area contributed by atoms with Crippen molar-refractivity contribution in [2.24, 2.45) is 5.73 Å². The number of carboxylic acids is 1. The standard InChI is InChI=1S/C18H25BN4O6/c20-5-6-21-12-4-7-23(16(25)9-12)10-15(24)22-14-8-11-2-1-3-13(18(26)27)17(11)29-19(14)28/h1-3,12,14,21,28H,4-10,20H2,(H,22,24)(H,26,27)/t12?,14-/m0/s1. The van der Waals surface area contributed by atoms with E-state index in [1.54, 1.807) is 12.1 Å². The van der Waals surface area contributed by atoms with Crippen LogP contribution in [0.2, 0.25) is 0 Å². The number of piperidine rings is 1. The number of hydrogen-bond donors (Lipinski definition) is 5. The van der Waals surface area contributed by atoms with Crippen LogP contribution < -0.4 is 21.0 Å². The molecule has 2 aliphatic rings. The predicted molar refractivity (Wildman–Crippen MR) is 104 cm³/mol. The smallest absolute Gasteiger partial charge is 0.534 e. The summed E-state index contributed by atoms with van der Waals surface area (Å²) in [5.74, 6) is -2.30. The number of carboxylic acid groups (broad SMARTS) is 1. The molecule has 1 aromatic rings. The molecule has 10 nitrogen and oxygen atoms in total. The van der Waals surface area contributed by atoms with Crippen molar-refractivity contribution >= 4 is 24.9 Å². The van der Waals surface area contributed by atoms with Gasteiger partial charge in [-0.2, -0.15) is 0 Å². The van der Waals surface area contributed by atoms with E-state index in [1.807, 2.05) is 0 Å². The average Bonchev–Trinajstić information content (AvgIpc) is 2.68. The van der Waals surface area contributed by atoms with E-state index in [0.717, 1.165) is 6.42 Å². The Hall–Kier alpha value is -2.63. The third kappa shape index (κ3) is 5.05. The number of hydrogen-bond acceptors (Lipinski definition) is 7. The molecular formula is C18H25BN4O6. The first-order chi connectivity index (χ1) is 13.9. The number of nitrogens with one attached hydrogen (secondary N) is 2. The van der Waals surface area contributed by atoms with Crippen LogP contribution in [0, 0.1) is 0 Å². The molecule has 11 heteroatoms. The van der Waals surface area contributed by atoms with Crippen molar-refractivity contribution in [3.63, 3.8) is 0 Å². The lowest BCUT2D eigenvalue weighted by Crippen LogP contribution is -2.56. The van der Waals surface area contributed by atoms with Gasteiger partial charge < -0.3 is 36.1 Å². The number of fused-ring (bicyclic) bond motifs is 1. The van der Waals surface area contributed by atoms with Gasteiger partial charge in [-0.05, 0) is 24.5 Å². The van der Waals surface area contributed by atoms with Crippen LogP contribution >= 0.6 is 0 Å². The van der Waals surface area contributed by atoms with Crippen LogP contribution in [0.1, 0.15) is 28.8 Å². The minimum Gasteiger partial charge on any atom is -0.534 e. The summed E-state index contributed by atoms with van der Waals surface area (Å²) in [6.45, 7) is 1.50. The summed E-state index contributed by atoms with van der Waals surface area (Å²) in [6, 6.07) is 4.74. The van der Waals surface area contributed by atoms with Gasteiger partial charge in [-0.1, -0.05) is 12.1 Å². The fraction of sp³-hybridized carbons (Fsp3) is 0.500. The highest BCUT2D eigenvalue weighted by atomic mass is 16.5. The summed E-state index contributed by atoms with van der Waals surface area (Å²) in [4.78, 5) is 37.5. The molecule has 0 aliphatic carbocycles. The van der Waals surface area contributed by atoms with Crippen LogP contribution in [0.4, 0.5) is 0 Å². The zero-order chi connectivity index (χ0) is 21.0. The highest BCUT2D eigenvalue weighted by molar-refractivity contribution is 6.47. The predicted octanol–water partition coefficient (Wildman–Crippen LogP) is -1.64. The third-order valence-corrected chi connectivity index (χ3v) is 5.13. The van der Waals surface area contributed by atoms with Crippen LogP contribution in [0.25, 0.3) is 0 Å². The summed E-state index contributed by atoms with van der Waals surface area (Å²) >= 11 is 0. The lowest BCUT2D eigenvalue weighted by molar-refractivity contribution is -0.138. The van der Waals surface area contributed by atoms with E-state index in [4.69, 9.17) is 10.4 Å². The molecule has 1 saturated heterocycles. The van der Waals surface area contributed by atoms with E-state index in [-0.39, 0.29) is 36.2 Å². The highest BCUT2D eigenvalue weighted by Gasteiger charge is 2.38. The van der Waals surface area contributed by atoms with Crippen molar-refractivity contribution in [3.8, 4) is 5.75 Å². The fourth-order valence-electron chi connectivity index (χ4n) is 3.65. The van der Waals surface area contributed by atoms with Crippen molar-refractivity contribution in [3.05, 3.63) is 29.3 Å². The normalized spacial score (nSPS) is 21.4. The van der Waals surface area contributed by atoms with Crippen molar-refractivity contribution in [2.45, 2.75) is 31.2 Å². The van der Waals surface area contributed by atoms with E-state index in [1.165, 1.54) is 11.0 Å². The van der Waals surface area contributed by atoms with Gasteiger partial charge in [0.1, 0.15) is 5.75 Å². The van der Waals surface area contributed by atoms with Gasteiger partial charge in [-0.25, -0.2) is 4.79 Å². The number of carbonyl (C=O) groups is 3. The number of benzene rings is 1. The Morgan fingerprint density at radius 1 is 1.34 bits per heavy atom. The molecule has 2 amide bonds. The molecule has 6 N–H and O–H groups in total. The van der Waals surface area contributed by atoms with Crippen LogP contribution in [0.15, 0.2) is 18.2 Å². The first-order valence-corrected chi connectivity index (χ1v) is 9.59. The van der Waals surface area contributed by atoms with Crippen molar-refractivity contribution in [1.29, 1.82) is 0 Å². The van der Waals surface area contributed by atoms with Gasteiger partial charge in [0.15, 0.2) is 0 Å². The second kappa shape index (κ2) is 9.25. The topological polar surface area (TPSA) is 154 Å². The summed E-state index contributed by atoms with van der Waals surface area (Å²) in [5.41, 5.74) is 6.00. The Balaban J connectivity index is 1.56. The number of carbonyl (C=O) groups excluding carboxylic acids is 2. The molecule has 2 aliphatic heterocycles. The molecule has 0 saturated carbocycles. The molecule has 0 spiro atoms. The second-order valence-electron chi connectivity index (χ2n) is 7.23. The number of nitrogens with zero attached hydrogens (tertiary/aromatic N) is 1. The molecule has 2 atom stereocenters. The van der Waals surface area contributed by atoms with E-state index < -0.39 is 24.9 Å². The Morgan fingerprint density at radius 2 is 2.14 bits per heavy atom. The first kappa shape index (κ1) is 21.1. The number of nitrogens with two attached hydrogens (primary N) is 1. The molecule has 3 rings (SSSR count). The molecule has 1 fully saturated rings. The van der Waals surface area contributed by atoms with Crippen molar-refractivity contribution < 1.29 is 29.2 Å². The maximum Gasteiger partial charge on any atom is 0.547 e. The second-order valence-corrected chi connectivity index (χ2v) is 7.23. The molecule has 156 valence electrons. The van der Waals surface area contributed by atoms with E-state index >= 15 is 0 Å². The van der Waals surface area contributed by atoms with Gasteiger partial charge >= 0.3 is 13.1 Å². The molecule has 1 aromatic carbocycles. The zero-order valence-corrected chi connectivity index (χ0v) is 16.0. The Kier molecular flexibility index (Phi) is 6.73. The average molecular weight is 404 g/mol. The van der Waals surface area contributed by atoms with Gasteiger partial charge in [-0.15, -0.1) is 0 Å². The van der Waals surface area contributed by atoms with Crippen LogP contribution in [-0.4, -0.2) is 78.1 Å². The molecule has 0 radical (unpaired) electrons. The summed E-state index contributed by atoms with van der Waals surface area (Å²) in [7, 11) is -1.38. The first-order valence-electron chi connectivity index (χ1n) is 9.59. The number of amides is 2. The zero-order valence-electron chi connectivity index (χ0n) is 16.0. The van der Waals surface area contributed by atoms with E-state index in [2.05, 4.69) is 10.6 Å². The minimum atomic E-state index is -1.38.